The van der Waals surface area contributed by atoms with Gasteiger partial charge in [0.25, 0.3) is 0 Å². The topological polar surface area (TPSA) is 59.1 Å². The van der Waals surface area contributed by atoms with Crippen LogP contribution in [0, 0.1) is 11.6 Å². The average Bonchev–Trinajstić information content (AvgIpc) is 2.78. The van der Waals surface area contributed by atoms with E-state index in [1.165, 1.54) is 32.2 Å². The maximum Gasteiger partial charge on any atom is 0.416 e. The zero-order chi connectivity index (χ0) is 26.0. The van der Waals surface area contributed by atoms with Gasteiger partial charge >= 0.3 is 6.18 Å². The molecule has 4 nitrogen and oxygen atoms in total. The zero-order valence-electron chi connectivity index (χ0n) is 19.2. The number of alkyl halides is 3. The maximum atomic E-state index is 14.4. The summed E-state index contributed by atoms with van der Waals surface area (Å²) in [6.07, 6.45) is -3.67. The second-order valence-electron chi connectivity index (χ2n) is 8.32. The molecule has 0 aliphatic carbocycles. The van der Waals surface area contributed by atoms with Crippen molar-refractivity contribution in [1.29, 1.82) is 0 Å². The van der Waals surface area contributed by atoms with Crippen LogP contribution in [0.5, 0.6) is 0 Å². The Bertz CT molecular complexity index is 1240. The van der Waals surface area contributed by atoms with Gasteiger partial charge in [-0.15, -0.1) is 0 Å². The van der Waals surface area contributed by atoms with E-state index in [0.29, 0.717) is 16.3 Å². The summed E-state index contributed by atoms with van der Waals surface area (Å²) in [4.78, 5) is 17.0. The van der Waals surface area contributed by atoms with Gasteiger partial charge in [-0.2, -0.15) is 13.2 Å². The minimum Gasteiger partial charge on any atom is -0.326 e. The highest BCUT2D eigenvalue weighted by atomic mass is 32.2. The third-order valence-electron chi connectivity index (χ3n) is 5.53. The van der Waals surface area contributed by atoms with Gasteiger partial charge in [-0.05, 0) is 42.0 Å². The lowest BCUT2D eigenvalue weighted by molar-refractivity contribution is -0.138. The molecule has 3 aromatic rings. The molecule has 35 heavy (non-hydrogen) atoms. The number of rotatable bonds is 7. The number of benzene rings is 2. The largest absolute Gasteiger partial charge is 0.416 e. The molecule has 0 saturated carbocycles. The fourth-order valence-electron chi connectivity index (χ4n) is 3.82. The Hall–Kier alpha value is -3.14. The minimum atomic E-state index is -4.85. The summed E-state index contributed by atoms with van der Waals surface area (Å²) in [6, 6.07) is 9.33. The quantitative estimate of drug-likeness (QED) is 0.396. The molecule has 1 aromatic heterocycles. The highest BCUT2D eigenvalue weighted by molar-refractivity contribution is 7.85. The predicted molar refractivity (Wildman–Crippen MR) is 123 cm³/mol. The Balaban J connectivity index is 1.89. The molecular weight excluding hydrogens is 487 g/mol. The van der Waals surface area contributed by atoms with Gasteiger partial charge in [0, 0.05) is 34.3 Å². The molecule has 3 rings (SSSR count). The number of hydrogen-bond acceptors (Lipinski definition) is 3. The summed E-state index contributed by atoms with van der Waals surface area (Å²) >= 11 is 0. The van der Waals surface area contributed by atoms with Gasteiger partial charge in [-0.1, -0.05) is 32.9 Å². The molecule has 0 spiro atoms. The molecule has 1 unspecified atom stereocenters. The number of carbonyl (C=O) groups excluding carboxylic acids is 1. The van der Waals surface area contributed by atoms with Crippen LogP contribution in [0.15, 0.2) is 59.6 Å². The van der Waals surface area contributed by atoms with Crippen molar-refractivity contribution in [2.24, 2.45) is 0 Å². The van der Waals surface area contributed by atoms with E-state index in [0.717, 1.165) is 30.3 Å². The summed E-state index contributed by atoms with van der Waals surface area (Å²) in [7, 11) is -1.20. The van der Waals surface area contributed by atoms with Crippen LogP contribution in [0.25, 0.3) is 0 Å². The number of hydrogen-bond donors (Lipinski definition) is 1. The fourth-order valence-corrected chi connectivity index (χ4v) is 4.54. The highest BCUT2D eigenvalue weighted by Crippen LogP contribution is 2.43. The molecular formula is C25H23F5N2O2S. The van der Waals surface area contributed by atoms with Crippen LogP contribution in [0.2, 0.25) is 0 Å². The minimum absolute atomic E-state index is 0.125. The van der Waals surface area contributed by atoms with Crippen LogP contribution >= 0.6 is 0 Å². The Morgan fingerprint density at radius 2 is 1.66 bits per heavy atom. The number of anilines is 1. The third kappa shape index (κ3) is 5.93. The second-order valence-corrected chi connectivity index (χ2v) is 10.1. The number of amides is 1. The van der Waals surface area contributed by atoms with Crippen molar-refractivity contribution in [1.82, 2.24) is 4.98 Å². The summed E-state index contributed by atoms with van der Waals surface area (Å²) in [5.41, 5.74) is -3.38. The van der Waals surface area contributed by atoms with Crippen molar-refractivity contribution in [3.63, 3.8) is 0 Å². The lowest BCUT2D eigenvalue weighted by Gasteiger charge is -2.30. The Labute approximate surface area is 202 Å². The van der Waals surface area contributed by atoms with E-state index in [4.69, 9.17) is 0 Å². The molecule has 1 heterocycles. The van der Waals surface area contributed by atoms with E-state index in [9.17, 15) is 31.0 Å². The van der Waals surface area contributed by atoms with Crippen LogP contribution < -0.4 is 5.32 Å². The van der Waals surface area contributed by atoms with E-state index in [1.807, 2.05) is 0 Å². The van der Waals surface area contributed by atoms with Crippen molar-refractivity contribution < 1.29 is 31.0 Å². The van der Waals surface area contributed by atoms with Crippen molar-refractivity contribution in [2.45, 2.75) is 43.7 Å². The molecule has 2 aromatic carbocycles. The van der Waals surface area contributed by atoms with Gasteiger partial charge in [0.05, 0.1) is 27.7 Å². The second kappa shape index (κ2) is 10.2. The summed E-state index contributed by atoms with van der Waals surface area (Å²) in [6.45, 7) is 4.36. The number of nitrogens with zero attached hydrogens (tertiary/aromatic N) is 1. The van der Waals surface area contributed by atoms with Crippen LogP contribution in [0.1, 0.15) is 43.2 Å². The summed E-state index contributed by atoms with van der Waals surface area (Å²) in [5.74, 6) is -2.11. The fraction of sp³-hybridized carbons (Fsp3) is 0.280. The molecule has 0 aliphatic heterocycles. The van der Waals surface area contributed by atoms with Gasteiger partial charge in [0.15, 0.2) is 0 Å². The van der Waals surface area contributed by atoms with Gasteiger partial charge < -0.3 is 5.32 Å². The number of pyridine rings is 1. The normalized spacial score (nSPS) is 12.9. The standard InChI is InChI=1S/C25H23F5N2O2S/c1-4-35(34)17-10-8-15(31-14-17)13-22(33)32-16-9-11-18(19(12-16)25(28,29)30)24(2,3)23-20(26)6-5-7-21(23)27/h5-12,14H,4,13H2,1-3H3,(H,32,33). The smallest absolute Gasteiger partial charge is 0.326 e. The Morgan fingerprint density at radius 3 is 2.20 bits per heavy atom. The number of nitrogens with one attached hydrogen (secondary N) is 1. The van der Waals surface area contributed by atoms with Crippen LogP contribution in [0.3, 0.4) is 0 Å². The van der Waals surface area contributed by atoms with Crippen LogP contribution in [-0.2, 0) is 33.6 Å². The molecule has 0 aliphatic rings. The van der Waals surface area contributed by atoms with E-state index >= 15 is 0 Å². The molecule has 0 saturated heterocycles. The summed E-state index contributed by atoms with van der Waals surface area (Å²) in [5, 5.41) is 2.41. The first kappa shape index (κ1) is 26.5. The van der Waals surface area contributed by atoms with E-state index in [-0.39, 0.29) is 17.7 Å². The zero-order valence-corrected chi connectivity index (χ0v) is 20.0. The van der Waals surface area contributed by atoms with E-state index in [1.54, 1.807) is 13.0 Å². The summed E-state index contributed by atoms with van der Waals surface area (Å²) < 4.78 is 82.5. The molecule has 186 valence electrons. The van der Waals surface area contributed by atoms with E-state index < -0.39 is 51.1 Å². The molecule has 10 heteroatoms. The first-order valence-corrected chi connectivity index (χ1v) is 12.0. The lowest BCUT2D eigenvalue weighted by Crippen LogP contribution is -2.27. The number of aromatic nitrogens is 1. The molecule has 1 N–H and O–H groups in total. The lowest BCUT2D eigenvalue weighted by atomic mass is 9.75. The predicted octanol–water partition coefficient (Wildman–Crippen LogP) is 6.01. The number of halogens is 5. The van der Waals surface area contributed by atoms with Crippen LogP contribution in [-0.4, -0.2) is 20.9 Å². The van der Waals surface area contributed by atoms with Crippen LogP contribution in [0.4, 0.5) is 27.6 Å². The van der Waals surface area contributed by atoms with Gasteiger partial charge in [0.1, 0.15) is 11.6 Å². The molecule has 1 amide bonds. The van der Waals surface area contributed by atoms with Crippen molar-refractivity contribution in [2.75, 3.05) is 11.1 Å². The third-order valence-corrected chi connectivity index (χ3v) is 6.83. The Morgan fingerprint density at radius 1 is 1.00 bits per heavy atom. The van der Waals surface area contributed by atoms with E-state index in [2.05, 4.69) is 10.3 Å². The highest BCUT2D eigenvalue weighted by Gasteiger charge is 2.40. The monoisotopic (exact) mass is 510 g/mol. The number of carbonyl (C=O) groups is 1. The average molecular weight is 511 g/mol. The maximum absolute atomic E-state index is 14.4. The first-order valence-electron chi connectivity index (χ1n) is 10.6. The van der Waals surface area contributed by atoms with Gasteiger partial charge in [-0.25, -0.2) is 8.78 Å². The molecule has 0 fully saturated rings. The SMILES string of the molecule is CCS(=O)c1ccc(CC(=O)Nc2ccc(C(C)(C)c3c(F)cccc3F)c(C(F)(F)F)c2)nc1. The van der Waals surface area contributed by atoms with Crippen molar-refractivity contribution in [3.8, 4) is 0 Å². The van der Waals surface area contributed by atoms with Crippen molar-refractivity contribution >= 4 is 22.4 Å². The first-order chi connectivity index (χ1) is 16.3. The van der Waals surface area contributed by atoms with Gasteiger partial charge in [-0.3, -0.25) is 14.0 Å². The molecule has 1 atom stereocenters. The van der Waals surface area contributed by atoms with Crippen molar-refractivity contribution in [3.05, 3.63) is 88.7 Å². The molecule has 0 bridgehead atoms. The molecule has 0 radical (unpaired) electrons. The Kier molecular flexibility index (Phi) is 7.74. The van der Waals surface area contributed by atoms with Gasteiger partial charge in [0.2, 0.25) is 5.91 Å².